The lowest BCUT2D eigenvalue weighted by Crippen LogP contribution is -2.49. The third-order valence-corrected chi connectivity index (χ3v) is 2.88. The number of carbonyl (C=O) groups is 1. The Morgan fingerprint density at radius 1 is 1.59 bits per heavy atom. The van der Waals surface area contributed by atoms with E-state index >= 15 is 0 Å². The van der Waals surface area contributed by atoms with Crippen LogP contribution >= 0.6 is 0 Å². The van der Waals surface area contributed by atoms with Gasteiger partial charge in [-0.2, -0.15) is 5.26 Å². The van der Waals surface area contributed by atoms with E-state index in [1.54, 1.807) is 0 Å². The number of nitrogens with zero attached hydrogens (tertiary/aromatic N) is 2. The van der Waals surface area contributed by atoms with Gasteiger partial charge in [0.15, 0.2) is 0 Å². The first-order valence-corrected chi connectivity index (χ1v) is 5.24. The SMILES string of the molecule is N#Cc1ccc(F)c(CN2CC(C(=O)O)C2)c1. The summed E-state index contributed by atoms with van der Waals surface area (Å²) in [4.78, 5) is 12.4. The molecular formula is C12H11FN2O2. The Labute approximate surface area is 97.9 Å². The fraction of sp³-hybridized carbons (Fsp3) is 0.333. The maximum atomic E-state index is 13.4. The number of rotatable bonds is 3. The highest BCUT2D eigenvalue weighted by molar-refractivity contribution is 5.71. The van der Waals surface area contributed by atoms with Crippen LogP contribution < -0.4 is 0 Å². The Balaban J connectivity index is 2.01. The topological polar surface area (TPSA) is 64.3 Å². The second kappa shape index (κ2) is 4.52. The second-order valence-electron chi connectivity index (χ2n) is 4.15. The number of benzene rings is 1. The number of carboxylic acid groups (broad SMARTS) is 1. The van der Waals surface area contributed by atoms with Crippen molar-refractivity contribution in [2.75, 3.05) is 13.1 Å². The second-order valence-corrected chi connectivity index (χ2v) is 4.15. The van der Waals surface area contributed by atoms with Gasteiger partial charge in [0.2, 0.25) is 0 Å². The van der Waals surface area contributed by atoms with Crippen LogP contribution in [0.1, 0.15) is 11.1 Å². The molecule has 1 fully saturated rings. The van der Waals surface area contributed by atoms with Gasteiger partial charge in [-0.15, -0.1) is 0 Å². The average molecular weight is 234 g/mol. The number of halogens is 1. The molecule has 2 rings (SSSR count). The Morgan fingerprint density at radius 3 is 2.88 bits per heavy atom. The third kappa shape index (κ3) is 2.43. The van der Waals surface area contributed by atoms with E-state index in [1.807, 2.05) is 11.0 Å². The summed E-state index contributed by atoms with van der Waals surface area (Å²) in [6.07, 6.45) is 0. The molecule has 88 valence electrons. The van der Waals surface area contributed by atoms with E-state index in [4.69, 9.17) is 10.4 Å². The fourth-order valence-corrected chi connectivity index (χ4v) is 1.86. The van der Waals surface area contributed by atoms with Crippen molar-refractivity contribution in [3.8, 4) is 6.07 Å². The minimum atomic E-state index is -0.813. The number of likely N-dealkylation sites (tertiary alicyclic amines) is 1. The largest absolute Gasteiger partial charge is 0.481 e. The highest BCUT2D eigenvalue weighted by Crippen LogP contribution is 2.20. The molecule has 1 N–H and O–H groups in total. The molecule has 0 saturated carbocycles. The molecule has 0 bridgehead atoms. The summed E-state index contributed by atoms with van der Waals surface area (Å²) in [5.74, 6) is -1.52. The Morgan fingerprint density at radius 2 is 2.29 bits per heavy atom. The number of nitriles is 1. The Bertz CT molecular complexity index is 490. The van der Waals surface area contributed by atoms with Crippen molar-refractivity contribution in [1.29, 1.82) is 5.26 Å². The number of hydrogen-bond acceptors (Lipinski definition) is 3. The lowest BCUT2D eigenvalue weighted by molar-refractivity contribution is -0.147. The highest BCUT2D eigenvalue weighted by atomic mass is 19.1. The molecule has 1 aromatic carbocycles. The molecule has 1 aliphatic rings. The van der Waals surface area contributed by atoms with Gasteiger partial charge in [0.25, 0.3) is 0 Å². The lowest BCUT2D eigenvalue weighted by atomic mass is 9.99. The first-order chi connectivity index (χ1) is 8.10. The molecule has 1 aliphatic heterocycles. The van der Waals surface area contributed by atoms with Crippen LogP contribution in [0.5, 0.6) is 0 Å². The molecule has 0 aliphatic carbocycles. The number of hydrogen-bond donors (Lipinski definition) is 1. The zero-order chi connectivity index (χ0) is 12.4. The standard InChI is InChI=1S/C12H11FN2O2/c13-11-2-1-8(4-14)3-9(11)5-15-6-10(7-15)12(16)17/h1-3,10H,5-7H2,(H,16,17). The molecule has 17 heavy (non-hydrogen) atoms. The summed E-state index contributed by atoms with van der Waals surface area (Å²) in [5.41, 5.74) is 0.851. The van der Waals surface area contributed by atoms with Crippen LogP contribution in [-0.2, 0) is 11.3 Å². The van der Waals surface area contributed by atoms with Gasteiger partial charge >= 0.3 is 5.97 Å². The molecule has 0 amide bonds. The molecule has 5 heteroatoms. The van der Waals surface area contributed by atoms with Gasteiger partial charge in [0.1, 0.15) is 5.82 Å². The molecule has 0 unspecified atom stereocenters. The molecule has 4 nitrogen and oxygen atoms in total. The predicted octanol–water partition coefficient (Wildman–Crippen LogP) is 1.21. The minimum absolute atomic E-state index is 0.350. The van der Waals surface area contributed by atoms with E-state index < -0.39 is 5.97 Å². The predicted molar refractivity (Wildman–Crippen MR) is 57.5 cm³/mol. The normalized spacial score (nSPS) is 16.2. The van der Waals surface area contributed by atoms with Gasteiger partial charge in [-0.3, -0.25) is 9.69 Å². The molecule has 1 heterocycles. The Kier molecular flexibility index (Phi) is 3.07. The van der Waals surface area contributed by atoms with E-state index in [2.05, 4.69) is 0 Å². The summed E-state index contributed by atoms with van der Waals surface area (Å²) >= 11 is 0. The average Bonchev–Trinajstić information content (AvgIpc) is 2.24. The molecule has 1 aromatic rings. The van der Waals surface area contributed by atoms with Crippen LogP contribution in [0.2, 0.25) is 0 Å². The zero-order valence-corrected chi connectivity index (χ0v) is 9.06. The molecule has 1 saturated heterocycles. The van der Waals surface area contributed by atoms with Crippen molar-refractivity contribution in [2.24, 2.45) is 5.92 Å². The van der Waals surface area contributed by atoms with Crippen molar-refractivity contribution >= 4 is 5.97 Å². The number of aliphatic carboxylic acids is 1. The summed E-state index contributed by atoms with van der Waals surface area (Å²) in [5, 5.41) is 17.4. The quantitative estimate of drug-likeness (QED) is 0.853. The van der Waals surface area contributed by atoms with Crippen LogP contribution in [0, 0.1) is 23.1 Å². The van der Waals surface area contributed by atoms with Crippen LogP contribution in [0.15, 0.2) is 18.2 Å². The lowest BCUT2D eigenvalue weighted by Gasteiger charge is -2.36. The summed E-state index contributed by atoms with van der Waals surface area (Å²) < 4.78 is 13.4. The Hall–Kier alpha value is -1.93. The van der Waals surface area contributed by atoms with Gasteiger partial charge < -0.3 is 5.11 Å². The zero-order valence-electron chi connectivity index (χ0n) is 9.06. The molecule has 0 spiro atoms. The molecular weight excluding hydrogens is 223 g/mol. The van der Waals surface area contributed by atoms with Crippen molar-refractivity contribution < 1.29 is 14.3 Å². The van der Waals surface area contributed by atoms with Gasteiger partial charge in [0.05, 0.1) is 17.6 Å². The van der Waals surface area contributed by atoms with Gasteiger partial charge in [-0.1, -0.05) is 0 Å². The first-order valence-electron chi connectivity index (χ1n) is 5.24. The van der Waals surface area contributed by atoms with E-state index in [9.17, 15) is 9.18 Å². The van der Waals surface area contributed by atoms with Gasteiger partial charge in [-0.05, 0) is 18.2 Å². The van der Waals surface area contributed by atoms with Crippen LogP contribution in [0.3, 0.4) is 0 Å². The summed E-state index contributed by atoms with van der Waals surface area (Å²) in [7, 11) is 0. The number of carboxylic acids is 1. The van der Waals surface area contributed by atoms with Crippen molar-refractivity contribution in [3.05, 3.63) is 35.1 Å². The molecule has 0 aromatic heterocycles. The van der Waals surface area contributed by atoms with Crippen LogP contribution in [0.25, 0.3) is 0 Å². The maximum absolute atomic E-state index is 13.4. The van der Waals surface area contributed by atoms with Gasteiger partial charge in [-0.25, -0.2) is 4.39 Å². The van der Waals surface area contributed by atoms with E-state index in [1.165, 1.54) is 18.2 Å². The highest BCUT2D eigenvalue weighted by Gasteiger charge is 2.32. The maximum Gasteiger partial charge on any atom is 0.309 e. The summed E-state index contributed by atoms with van der Waals surface area (Å²) in [6, 6.07) is 6.15. The molecule has 0 radical (unpaired) electrons. The van der Waals surface area contributed by atoms with Crippen LogP contribution in [0.4, 0.5) is 4.39 Å². The molecule has 0 atom stereocenters. The van der Waals surface area contributed by atoms with E-state index in [-0.39, 0.29) is 11.7 Å². The van der Waals surface area contributed by atoms with E-state index in [0.29, 0.717) is 30.8 Å². The smallest absolute Gasteiger partial charge is 0.309 e. The van der Waals surface area contributed by atoms with Crippen molar-refractivity contribution in [3.63, 3.8) is 0 Å². The van der Waals surface area contributed by atoms with Gasteiger partial charge in [0, 0.05) is 25.2 Å². The van der Waals surface area contributed by atoms with E-state index in [0.717, 1.165) is 0 Å². The van der Waals surface area contributed by atoms with Crippen molar-refractivity contribution in [2.45, 2.75) is 6.54 Å². The first kappa shape index (κ1) is 11.6. The van der Waals surface area contributed by atoms with Crippen LogP contribution in [-0.4, -0.2) is 29.1 Å². The monoisotopic (exact) mass is 234 g/mol. The van der Waals surface area contributed by atoms with Crippen molar-refractivity contribution in [1.82, 2.24) is 4.90 Å². The fourth-order valence-electron chi connectivity index (χ4n) is 1.86. The third-order valence-electron chi connectivity index (χ3n) is 2.88. The summed E-state index contributed by atoms with van der Waals surface area (Å²) in [6.45, 7) is 1.22. The minimum Gasteiger partial charge on any atom is -0.481 e.